The van der Waals surface area contributed by atoms with Crippen molar-refractivity contribution in [3.63, 3.8) is 0 Å². The first kappa shape index (κ1) is 15.5. The summed E-state index contributed by atoms with van der Waals surface area (Å²) >= 11 is 0. The Labute approximate surface area is 124 Å². The molecule has 0 fully saturated rings. The van der Waals surface area contributed by atoms with Gasteiger partial charge in [-0.1, -0.05) is 6.07 Å². The quantitative estimate of drug-likeness (QED) is 0.889. The lowest BCUT2D eigenvalue weighted by atomic mass is 10.2. The molecule has 0 saturated carbocycles. The van der Waals surface area contributed by atoms with Crippen molar-refractivity contribution < 1.29 is 8.42 Å². The van der Waals surface area contributed by atoms with Gasteiger partial charge in [-0.2, -0.15) is 9.40 Å². The average Bonchev–Trinajstić information content (AvgIpc) is 2.76. The molecule has 8 heteroatoms. The minimum absolute atomic E-state index is 0.00865. The fourth-order valence-electron chi connectivity index (χ4n) is 2.03. The van der Waals surface area contributed by atoms with Crippen LogP contribution in [-0.2, 0) is 23.6 Å². The zero-order chi connectivity index (χ0) is 15.6. The highest BCUT2D eigenvalue weighted by Gasteiger charge is 2.30. The maximum atomic E-state index is 12.8. The van der Waals surface area contributed by atoms with Crippen LogP contribution < -0.4 is 5.73 Å². The number of pyridine rings is 1. The van der Waals surface area contributed by atoms with Gasteiger partial charge in [0.15, 0.2) is 5.82 Å². The van der Waals surface area contributed by atoms with Crippen molar-refractivity contribution in [3.05, 3.63) is 36.3 Å². The fraction of sp³-hybridized carbons (Fsp3) is 0.385. The molecule has 0 aliphatic heterocycles. The smallest absolute Gasteiger partial charge is 0.248 e. The van der Waals surface area contributed by atoms with E-state index in [0.29, 0.717) is 0 Å². The number of aryl methyl sites for hydroxylation is 1. The summed E-state index contributed by atoms with van der Waals surface area (Å²) in [6.45, 7) is 3.88. The third-order valence-electron chi connectivity index (χ3n) is 3.05. The molecule has 114 valence electrons. The summed E-state index contributed by atoms with van der Waals surface area (Å²) in [7, 11) is -2.08. The molecule has 2 aromatic rings. The first-order valence-electron chi connectivity index (χ1n) is 6.52. The molecule has 0 aliphatic rings. The van der Waals surface area contributed by atoms with E-state index in [1.54, 1.807) is 25.5 Å². The number of rotatable bonds is 5. The second-order valence-electron chi connectivity index (χ2n) is 5.06. The van der Waals surface area contributed by atoms with E-state index in [0.717, 1.165) is 5.56 Å². The predicted octanol–water partition coefficient (Wildman–Crippen LogP) is 0.997. The number of hydrogen-bond donors (Lipinski definition) is 1. The van der Waals surface area contributed by atoms with Gasteiger partial charge in [0.25, 0.3) is 0 Å². The summed E-state index contributed by atoms with van der Waals surface area (Å²) in [6.07, 6.45) is 4.72. The summed E-state index contributed by atoms with van der Waals surface area (Å²) in [5.41, 5.74) is 6.53. The third kappa shape index (κ3) is 3.22. The van der Waals surface area contributed by atoms with Crippen LogP contribution in [0.15, 0.2) is 35.6 Å². The van der Waals surface area contributed by atoms with Gasteiger partial charge >= 0.3 is 0 Å². The lowest BCUT2D eigenvalue weighted by molar-refractivity contribution is 0.348. The number of sulfonamides is 1. The molecule has 2 rings (SSSR count). The Morgan fingerprint density at radius 2 is 2.14 bits per heavy atom. The standard InChI is InChI=1S/C13H19N5O2S/c1-10(2)18(8-11-5-4-6-15-7-11)21(19,20)12-9-17(3)16-13(12)14/h4-7,9-10H,8H2,1-3H3,(H2,14,16). The minimum Gasteiger partial charge on any atom is -0.381 e. The van der Waals surface area contributed by atoms with E-state index in [1.807, 2.05) is 19.9 Å². The SMILES string of the molecule is CC(C)N(Cc1cccnc1)S(=O)(=O)c1cn(C)nc1N. The Morgan fingerprint density at radius 1 is 1.43 bits per heavy atom. The van der Waals surface area contributed by atoms with Crippen molar-refractivity contribution in [2.45, 2.75) is 31.3 Å². The Hall–Kier alpha value is -1.93. The fourth-order valence-corrected chi connectivity index (χ4v) is 3.74. The van der Waals surface area contributed by atoms with Gasteiger partial charge in [-0.15, -0.1) is 0 Å². The van der Waals surface area contributed by atoms with Gasteiger partial charge in [-0.25, -0.2) is 8.42 Å². The molecule has 2 heterocycles. The summed E-state index contributed by atoms with van der Waals surface area (Å²) in [4.78, 5) is 4.04. The third-order valence-corrected chi connectivity index (χ3v) is 5.08. The van der Waals surface area contributed by atoms with Gasteiger partial charge in [0, 0.05) is 38.2 Å². The summed E-state index contributed by atoms with van der Waals surface area (Å²) in [5, 5.41) is 3.90. The summed E-state index contributed by atoms with van der Waals surface area (Å²) < 4.78 is 28.3. The number of aromatic nitrogens is 3. The van der Waals surface area contributed by atoms with Crippen molar-refractivity contribution in [1.82, 2.24) is 19.1 Å². The molecular weight excluding hydrogens is 290 g/mol. The van der Waals surface area contributed by atoms with Crippen LogP contribution in [0.1, 0.15) is 19.4 Å². The van der Waals surface area contributed by atoms with Crippen molar-refractivity contribution in [2.24, 2.45) is 7.05 Å². The van der Waals surface area contributed by atoms with Crippen LogP contribution in [0.5, 0.6) is 0 Å². The number of nitrogen functional groups attached to an aromatic ring is 1. The van der Waals surface area contributed by atoms with Crippen LogP contribution in [0.2, 0.25) is 0 Å². The molecule has 0 saturated heterocycles. The molecule has 0 amide bonds. The van der Waals surface area contributed by atoms with E-state index < -0.39 is 10.0 Å². The van der Waals surface area contributed by atoms with Gasteiger partial charge in [-0.05, 0) is 25.5 Å². The van der Waals surface area contributed by atoms with Gasteiger partial charge < -0.3 is 5.73 Å². The van der Waals surface area contributed by atoms with E-state index in [9.17, 15) is 8.42 Å². The Balaban J connectivity index is 2.40. The maximum absolute atomic E-state index is 12.8. The summed E-state index contributed by atoms with van der Waals surface area (Å²) in [6, 6.07) is 3.40. The molecule has 0 aliphatic carbocycles. The highest BCUT2D eigenvalue weighted by Crippen LogP contribution is 2.24. The van der Waals surface area contributed by atoms with Crippen LogP contribution in [-0.4, -0.2) is 33.5 Å². The molecular formula is C13H19N5O2S. The highest BCUT2D eigenvalue weighted by molar-refractivity contribution is 7.89. The number of nitrogens with zero attached hydrogens (tertiary/aromatic N) is 4. The lowest BCUT2D eigenvalue weighted by Gasteiger charge is -2.25. The van der Waals surface area contributed by atoms with E-state index in [1.165, 1.54) is 15.2 Å². The van der Waals surface area contributed by atoms with Gasteiger partial charge in [0.1, 0.15) is 4.90 Å². The van der Waals surface area contributed by atoms with E-state index in [2.05, 4.69) is 10.1 Å². The van der Waals surface area contributed by atoms with Crippen LogP contribution >= 0.6 is 0 Å². The zero-order valence-electron chi connectivity index (χ0n) is 12.3. The lowest BCUT2D eigenvalue weighted by Crippen LogP contribution is -2.36. The molecule has 0 unspecified atom stereocenters. The number of anilines is 1. The van der Waals surface area contributed by atoms with Crippen LogP contribution in [0.4, 0.5) is 5.82 Å². The topological polar surface area (TPSA) is 94.1 Å². The van der Waals surface area contributed by atoms with Crippen molar-refractivity contribution in [1.29, 1.82) is 0 Å². The first-order valence-corrected chi connectivity index (χ1v) is 7.96. The number of hydrogen-bond acceptors (Lipinski definition) is 5. The molecule has 0 atom stereocenters. The molecule has 0 spiro atoms. The predicted molar refractivity (Wildman–Crippen MR) is 79.7 cm³/mol. The normalized spacial score (nSPS) is 12.2. The molecule has 21 heavy (non-hydrogen) atoms. The first-order chi connectivity index (χ1) is 9.82. The van der Waals surface area contributed by atoms with E-state index in [-0.39, 0.29) is 23.3 Å². The minimum atomic E-state index is -3.71. The second kappa shape index (κ2) is 5.82. The van der Waals surface area contributed by atoms with Crippen LogP contribution in [0, 0.1) is 0 Å². The average molecular weight is 309 g/mol. The van der Waals surface area contributed by atoms with E-state index in [4.69, 9.17) is 5.73 Å². The Morgan fingerprint density at radius 3 is 2.62 bits per heavy atom. The monoisotopic (exact) mass is 309 g/mol. The van der Waals surface area contributed by atoms with Crippen LogP contribution in [0.3, 0.4) is 0 Å². The van der Waals surface area contributed by atoms with Crippen molar-refractivity contribution in [3.8, 4) is 0 Å². The Kier molecular flexibility index (Phi) is 4.29. The van der Waals surface area contributed by atoms with Gasteiger partial charge in [0.2, 0.25) is 10.0 Å². The molecule has 0 aromatic carbocycles. The molecule has 2 aromatic heterocycles. The van der Waals surface area contributed by atoms with Gasteiger partial charge in [-0.3, -0.25) is 9.67 Å². The van der Waals surface area contributed by atoms with Gasteiger partial charge in [0.05, 0.1) is 0 Å². The largest absolute Gasteiger partial charge is 0.381 e. The molecule has 7 nitrogen and oxygen atoms in total. The second-order valence-corrected chi connectivity index (χ2v) is 6.92. The molecule has 2 N–H and O–H groups in total. The van der Waals surface area contributed by atoms with Crippen molar-refractivity contribution >= 4 is 15.8 Å². The van der Waals surface area contributed by atoms with Crippen molar-refractivity contribution in [2.75, 3.05) is 5.73 Å². The number of nitrogens with two attached hydrogens (primary N) is 1. The maximum Gasteiger partial charge on any atom is 0.248 e. The molecule has 0 radical (unpaired) electrons. The van der Waals surface area contributed by atoms with E-state index >= 15 is 0 Å². The molecule has 0 bridgehead atoms. The Bertz CT molecular complexity index is 709. The highest BCUT2D eigenvalue weighted by atomic mass is 32.2. The summed E-state index contributed by atoms with van der Waals surface area (Å²) in [5.74, 6) is 0.00865. The zero-order valence-corrected chi connectivity index (χ0v) is 13.1. The van der Waals surface area contributed by atoms with Crippen LogP contribution in [0.25, 0.3) is 0 Å².